The summed E-state index contributed by atoms with van der Waals surface area (Å²) in [6.45, 7) is 5.94. The predicted molar refractivity (Wildman–Crippen MR) is 142 cm³/mol. The highest BCUT2D eigenvalue weighted by atomic mass is 32.2. The van der Waals surface area contributed by atoms with Gasteiger partial charge in [-0.05, 0) is 73.3 Å². The molecule has 2 N–H and O–H groups in total. The van der Waals surface area contributed by atoms with Crippen LogP contribution in [0.1, 0.15) is 25.3 Å². The van der Waals surface area contributed by atoms with E-state index in [2.05, 4.69) is 16.0 Å². The van der Waals surface area contributed by atoms with Crippen molar-refractivity contribution in [1.29, 1.82) is 0 Å². The number of sulfone groups is 1. The second kappa shape index (κ2) is 9.40. The van der Waals surface area contributed by atoms with Gasteiger partial charge >= 0.3 is 0 Å². The highest BCUT2D eigenvalue weighted by molar-refractivity contribution is 7.92. The molecule has 37 heavy (non-hydrogen) atoms. The zero-order chi connectivity index (χ0) is 25.7. The molecule has 0 spiro atoms. The molecule has 1 unspecified atom stereocenters. The van der Waals surface area contributed by atoms with E-state index >= 15 is 0 Å². The molecule has 0 radical (unpaired) electrons. The molecule has 2 aromatic carbocycles. The van der Waals surface area contributed by atoms with Crippen LogP contribution in [0.25, 0.3) is 33.1 Å². The van der Waals surface area contributed by atoms with Crippen LogP contribution in [0.15, 0.2) is 53.6 Å². The average molecular weight is 522 g/mol. The SMILES string of the molecule is CCN1CC(COc2ccc(-c3cccc(S(=O)(=O)C4CC4)c3)c3c2[nH]c2ncc(C)cc23)OC[C@H]1O. The van der Waals surface area contributed by atoms with E-state index in [1.54, 1.807) is 12.1 Å². The van der Waals surface area contributed by atoms with E-state index in [9.17, 15) is 13.5 Å². The van der Waals surface area contributed by atoms with Crippen LogP contribution in [-0.4, -0.2) is 72.3 Å². The molecule has 0 amide bonds. The third kappa shape index (κ3) is 4.50. The maximum absolute atomic E-state index is 12.9. The molecular formula is C28H31N3O5S. The Labute approximate surface area is 216 Å². The fraction of sp³-hybridized carbons (Fsp3) is 0.393. The first kappa shape index (κ1) is 24.4. The molecule has 2 aliphatic rings. The van der Waals surface area contributed by atoms with Crippen molar-refractivity contribution in [2.75, 3.05) is 26.3 Å². The number of hydrogen-bond acceptors (Lipinski definition) is 7. The number of aliphatic hydroxyl groups excluding tert-OH is 1. The van der Waals surface area contributed by atoms with Crippen molar-refractivity contribution in [3.63, 3.8) is 0 Å². The van der Waals surface area contributed by atoms with E-state index < -0.39 is 16.1 Å². The Bertz CT molecular complexity index is 1580. The number of rotatable bonds is 7. The molecule has 3 heterocycles. The van der Waals surface area contributed by atoms with E-state index in [0.29, 0.717) is 23.8 Å². The lowest BCUT2D eigenvalue weighted by Gasteiger charge is -2.35. The molecular weight excluding hydrogens is 490 g/mol. The topological polar surface area (TPSA) is 105 Å². The molecule has 1 aliphatic heterocycles. The largest absolute Gasteiger partial charge is 0.489 e. The Morgan fingerprint density at radius 3 is 2.84 bits per heavy atom. The van der Waals surface area contributed by atoms with Crippen molar-refractivity contribution in [3.05, 3.63) is 54.2 Å². The van der Waals surface area contributed by atoms with Crippen molar-refractivity contribution in [3.8, 4) is 16.9 Å². The van der Waals surface area contributed by atoms with Gasteiger partial charge in [-0.3, -0.25) is 4.90 Å². The Morgan fingerprint density at radius 2 is 2.05 bits per heavy atom. The lowest BCUT2D eigenvalue weighted by Crippen LogP contribution is -2.51. The number of nitrogens with zero attached hydrogens (tertiary/aromatic N) is 2. The van der Waals surface area contributed by atoms with Crippen LogP contribution < -0.4 is 4.74 Å². The fourth-order valence-corrected chi connectivity index (χ4v) is 6.83. The van der Waals surface area contributed by atoms with Gasteiger partial charge in [0, 0.05) is 23.5 Å². The summed E-state index contributed by atoms with van der Waals surface area (Å²) in [6.07, 6.45) is 2.54. The molecule has 9 heteroatoms. The molecule has 2 atom stereocenters. The molecule has 6 rings (SSSR count). The molecule has 8 nitrogen and oxygen atoms in total. The van der Waals surface area contributed by atoms with Crippen LogP contribution in [0, 0.1) is 6.92 Å². The number of likely N-dealkylation sites (N-methyl/N-ethyl adjacent to an activating group) is 1. The monoisotopic (exact) mass is 521 g/mol. The van der Waals surface area contributed by atoms with Crippen LogP contribution in [0.5, 0.6) is 5.75 Å². The molecule has 2 fully saturated rings. The summed E-state index contributed by atoms with van der Waals surface area (Å²) in [7, 11) is -3.31. The van der Waals surface area contributed by atoms with Gasteiger partial charge in [-0.2, -0.15) is 0 Å². The first-order valence-electron chi connectivity index (χ1n) is 12.8. The fourth-order valence-electron chi connectivity index (χ4n) is 5.12. The highest BCUT2D eigenvalue weighted by Gasteiger charge is 2.37. The van der Waals surface area contributed by atoms with Crippen molar-refractivity contribution < 1.29 is 23.0 Å². The number of pyridine rings is 1. The molecule has 0 bridgehead atoms. The molecule has 4 aromatic rings. The second-order valence-corrected chi connectivity index (χ2v) is 12.2. The van der Waals surface area contributed by atoms with E-state index in [-0.39, 0.29) is 18.0 Å². The first-order chi connectivity index (χ1) is 17.8. The van der Waals surface area contributed by atoms with Gasteiger partial charge in [-0.15, -0.1) is 0 Å². The zero-order valence-corrected chi connectivity index (χ0v) is 21.8. The number of aryl methyl sites for hydroxylation is 1. The van der Waals surface area contributed by atoms with Gasteiger partial charge in [-0.1, -0.05) is 19.1 Å². The minimum atomic E-state index is -3.31. The maximum Gasteiger partial charge on any atom is 0.181 e. The van der Waals surface area contributed by atoms with Gasteiger partial charge in [-0.25, -0.2) is 13.4 Å². The van der Waals surface area contributed by atoms with Gasteiger partial charge in [0.1, 0.15) is 30.3 Å². The number of ether oxygens (including phenoxy) is 2. The van der Waals surface area contributed by atoms with E-state index in [4.69, 9.17) is 9.47 Å². The van der Waals surface area contributed by atoms with Crippen molar-refractivity contribution >= 4 is 31.8 Å². The molecule has 1 aliphatic carbocycles. The zero-order valence-electron chi connectivity index (χ0n) is 21.0. The Kier molecular flexibility index (Phi) is 6.19. The van der Waals surface area contributed by atoms with Gasteiger partial charge in [0.2, 0.25) is 0 Å². The van der Waals surface area contributed by atoms with Crippen LogP contribution in [-0.2, 0) is 14.6 Å². The van der Waals surface area contributed by atoms with E-state index in [1.165, 1.54) is 0 Å². The van der Waals surface area contributed by atoms with Gasteiger partial charge < -0.3 is 19.6 Å². The lowest BCUT2D eigenvalue weighted by atomic mass is 9.99. The summed E-state index contributed by atoms with van der Waals surface area (Å²) >= 11 is 0. The number of nitrogens with one attached hydrogen (secondary N) is 1. The van der Waals surface area contributed by atoms with Crippen LogP contribution in [0.3, 0.4) is 0 Å². The van der Waals surface area contributed by atoms with Crippen molar-refractivity contribution in [2.24, 2.45) is 0 Å². The van der Waals surface area contributed by atoms with E-state index in [0.717, 1.165) is 58.0 Å². The van der Waals surface area contributed by atoms with E-state index in [1.807, 2.05) is 49.2 Å². The second-order valence-electron chi connectivity index (χ2n) is 10.0. The summed E-state index contributed by atoms with van der Waals surface area (Å²) < 4.78 is 37.9. The summed E-state index contributed by atoms with van der Waals surface area (Å²) in [5.74, 6) is 0.675. The standard InChI is InChI=1S/C28H31N3O5S/c1-3-31-14-19(35-16-25(31)32)15-36-24-10-9-22(26-23-11-17(2)13-29-28(23)30-27(24)26)18-5-4-6-21(12-18)37(33,34)20-7-8-20/h4-6,9-13,19-20,25,32H,3,7-8,14-16H2,1-2H3,(H,29,30)/t19?,25-/m1/s1. The normalized spacial score (nSPS) is 21.1. The average Bonchev–Trinajstić information content (AvgIpc) is 3.70. The maximum atomic E-state index is 12.9. The number of hydrogen-bond donors (Lipinski definition) is 2. The van der Waals surface area contributed by atoms with Crippen LogP contribution in [0.2, 0.25) is 0 Å². The predicted octanol–water partition coefficient (Wildman–Crippen LogP) is 4.05. The number of fused-ring (bicyclic) bond motifs is 3. The van der Waals surface area contributed by atoms with Gasteiger partial charge in [0.05, 0.1) is 22.3 Å². The quantitative estimate of drug-likeness (QED) is 0.378. The number of aromatic nitrogens is 2. The Balaban J connectivity index is 1.41. The summed E-state index contributed by atoms with van der Waals surface area (Å²) in [5.41, 5.74) is 4.34. The molecule has 2 aromatic heterocycles. The smallest absolute Gasteiger partial charge is 0.181 e. The molecule has 194 valence electrons. The molecule has 1 saturated heterocycles. The number of morpholine rings is 1. The first-order valence-corrected chi connectivity index (χ1v) is 14.3. The third-order valence-electron chi connectivity index (χ3n) is 7.31. The van der Waals surface area contributed by atoms with Crippen molar-refractivity contribution in [1.82, 2.24) is 14.9 Å². The van der Waals surface area contributed by atoms with Crippen LogP contribution in [0.4, 0.5) is 0 Å². The summed E-state index contributed by atoms with van der Waals surface area (Å²) in [6, 6.07) is 13.2. The number of benzene rings is 2. The molecule has 1 saturated carbocycles. The summed E-state index contributed by atoms with van der Waals surface area (Å²) in [5, 5.41) is 11.7. The number of aromatic amines is 1. The third-order valence-corrected chi connectivity index (χ3v) is 9.57. The minimum absolute atomic E-state index is 0.160. The van der Waals surface area contributed by atoms with Crippen LogP contribution >= 0.6 is 0 Å². The number of H-pyrrole nitrogens is 1. The van der Waals surface area contributed by atoms with Gasteiger partial charge in [0.15, 0.2) is 9.84 Å². The summed E-state index contributed by atoms with van der Waals surface area (Å²) in [4.78, 5) is 10.4. The van der Waals surface area contributed by atoms with Gasteiger partial charge in [0.25, 0.3) is 0 Å². The number of aliphatic hydroxyl groups is 1. The minimum Gasteiger partial charge on any atom is -0.489 e. The van der Waals surface area contributed by atoms with Crippen molar-refractivity contribution in [2.45, 2.75) is 49.2 Å². The lowest BCUT2D eigenvalue weighted by molar-refractivity contribution is -0.145. The highest BCUT2D eigenvalue weighted by Crippen LogP contribution is 2.41. The Morgan fingerprint density at radius 1 is 1.22 bits per heavy atom. The Hall–Kier alpha value is -2.98.